The van der Waals surface area contributed by atoms with Gasteiger partial charge in [0.15, 0.2) is 6.79 Å². The van der Waals surface area contributed by atoms with Crippen molar-refractivity contribution in [3.63, 3.8) is 0 Å². The third-order valence-corrected chi connectivity index (χ3v) is 2.73. The van der Waals surface area contributed by atoms with Crippen molar-refractivity contribution < 1.29 is 23.9 Å². The summed E-state index contributed by atoms with van der Waals surface area (Å²) in [7, 11) is 1.50. The average molecular weight is 248 g/mol. The van der Waals surface area contributed by atoms with Crippen LogP contribution < -0.4 is 4.74 Å². The molecule has 0 N–H and O–H groups in total. The lowest BCUT2D eigenvalue weighted by Gasteiger charge is -2.08. The second-order valence-electron chi connectivity index (χ2n) is 4.01. The number of carbonyl (C=O) groups is 3. The fraction of sp³-hybridized carbons (Fsp3) is 0.308. The molecule has 0 unspecified atom stereocenters. The number of carbonyl (C=O) groups excluding carboxylic acids is 3. The number of fused-ring (bicyclic) bond motifs is 1. The van der Waals surface area contributed by atoms with Gasteiger partial charge in [0.2, 0.25) is 11.6 Å². The molecule has 18 heavy (non-hydrogen) atoms. The third-order valence-electron chi connectivity index (χ3n) is 2.73. The quantitative estimate of drug-likeness (QED) is 0.442. The van der Waals surface area contributed by atoms with Crippen LogP contribution in [0.2, 0.25) is 0 Å². The molecule has 2 rings (SSSR count). The van der Waals surface area contributed by atoms with Gasteiger partial charge in [-0.05, 0) is 23.3 Å². The summed E-state index contributed by atoms with van der Waals surface area (Å²) in [5.74, 6) is -1.68. The molecule has 0 amide bonds. The number of hydrogen-bond acceptors (Lipinski definition) is 5. The molecule has 1 aromatic carbocycles. The third kappa shape index (κ3) is 2.46. The Balaban J connectivity index is 2.30. The molecule has 0 bridgehead atoms. The molecule has 0 saturated carbocycles. The number of hydrogen-bond donors (Lipinski definition) is 0. The normalized spacial score (nSPS) is 15.3. The molecule has 94 valence electrons. The van der Waals surface area contributed by atoms with E-state index in [0.29, 0.717) is 16.9 Å². The Morgan fingerprint density at radius 3 is 2.39 bits per heavy atom. The molecule has 0 fully saturated rings. The molecule has 0 radical (unpaired) electrons. The second-order valence-corrected chi connectivity index (χ2v) is 4.01. The van der Waals surface area contributed by atoms with Gasteiger partial charge in [-0.25, -0.2) is 0 Å². The van der Waals surface area contributed by atoms with E-state index in [1.165, 1.54) is 7.11 Å². The summed E-state index contributed by atoms with van der Waals surface area (Å²) < 4.78 is 10.0. The van der Waals surface area contributed by atoms with Crippen molar-refractivity contribution in [2.24, 2.45) is 0 Å². The largest absolute Gasteiger partial charge is 0.468 e. The van der Waals surface area contributed by atoms with Gasteiger partial charge >= 0.3 is 0 Å². The van der Waals surface area contributed by atoms with Crippen LogP contribution in [0, 0.1) is 0 Å². The summed E-state index contributed by atoms with van der Waals surface area (Å²) in [5, 5.41) is 0. The smallest absolute Gasteiger partial charge is 0.264 e. The fourth-order valence-corrected chi connectivity index (χ4v) is 1.82. The standard InChI is InChI=1S/C13H12O5/c1-17-7-18-10-3-2-8-5-11(14)13(16)12(15)6-9(8)4-10/h2-4H,5-7H2,1H3. The molecule has 0 aliphatic heterocycles. The maximum absolute atomic E-state index is 11.5. The van der Waals surface area contributed by atoms with Gasteiger partial charge in [0.1, 0.15) is 5.75 Å². The topological polar surface area (TPSA) is 69.7 Å². The number of methoxy groups -OCH3 is 1. The molecular formula is C13H12O5. The zero-order valence-electron chi connectivity index (χ0n) is 9.89. The lowest BCUT2D eigenvalue weighted by Crippen LogP contribution is -2.23. The first-order valence-corrected chi connectivity index (χ1v) is 5.45. The molecular weight excluding hydrogens is 236 g/mol. The van der Waals surface area contributed by atoms with Gasteiger partial charge < -0.3 is 9.47 Å². The summed E-state index contributed by atoms with van der Waals surface area (Å²) in [6.07, 6.45) is -0.0748. The van der Waals surface area contributed by atoms with Gasteiger partial charge in [0.05, 0.1) is 0 Å². The highest BCUT2D eigenvalue weighted by molar-refractivity contribution is 6.64. The summed E-state index contributed by atoms with van der Waals surface area (Å²) >= 11 is 0. The average Bonchev–Trinajstić information content (AvgIpc) is 2.46. The van der Waals surface area contributed by atoms with Crippen molar-refractivity contribution in [2.75, 3.05) is 13.9 Å². The van der Waals surface area contributed by atoms with Crippen molar-refractivity contribution >= 4 is 17.3 Å². The Morgan fingerprint density at radius 2 is 1.72 bits per heavy atom. The molecule has 0 saturated heterocycles. The Kier molecular flexibility index (Phi) is 3.53. The Bertz CT molecular complexity index is 518. The van der Waals surface area contributed by atoms with Gasteiger partial charge in [-0.15, -0.1) is 0 Å². The number of benzene rings is 1. The Morgan fingerprint density at radius 1 is 1.06 bits per heavy atom. The Hall–Kier alpha value is -2.01. The molecule has 1 aromatic rings. The van der Waals surface area contributed by atoms with Crippen LogP contribution in [0.15, 0.2) is 18.2 Å². The first-order valence-electron chi connectivity index (χ1n) is 5.45. The van der Waals surface area contributed by atoms with Crippen LogP contribution in [0.25, 0.3) is 0 Å². The summed E-state index contributed by atoms with van der Waals surface area (Å²) in [6.45, 7) is 0.102. The molecule has 0 spiro atoms. The van der Waals surface area contributed by atoms with Crippen LogP contribution in [-0.4, -0.2) is 31.3 Å². The number of ether oxygens (including phenoxy) is 2. The number of ketones is 3. The van der Waals surface area contributed by atoms with Crippen molar-refractivity contribution in [3.8, 4) is 5.75 Å². The van der Waals surface area contributed by atoms with E-state index >= 15 is 0 Å². The van der Waals surface area contributed by atoms with Crippen LogP contribution >= 0.6 is 0 Å². The molecule has 5 nitrogen and oxygen atoms in total. The van der Waals surface area contributed by atoms with Gasteiger partial charge in [-0.3, -0.25) is 14.4 Å². The van der Waals surface area contributed by atoms with Crippen molar-refractivity contribution in [1.29, 1.82) is 0 Å². The van der Waals surface area contributed by atoms with E-state index in [1.54, 1.807) is 18.2 Å². The van der Waals surface area contributed by atoms with Crippen LogP contribution in [0.5, 0.6) is 5.75 Å². The van der Waals surface area contributed by atoms with Crippen LogP contribution in [0.4, 0.5) is 0 Å². The first-order chi connectivity index (χ1) is 8.61. The maximum atomic E-state index is 11.5. The van der Waals surface area contributed by atoms with E-state index in [2.05, 4.69) is 0 Å². The highest BCUT2D eigenvalue weighted by atomic mass is 16.7. The highest BCUT2D eigenvalue weighted by Gasteiger charge is 2.28. The minimum absolute atomic E-state index is 0.0233. The first kappa shape index (κ1) is 12.4. The molecule has 0 heterocycles. The van der Waals surface area contributed by atoms with E-state index in [4.69, 9.17) is 9.47 Å². The minimum Gasteiger partial charge on any atom is -0.468 e. The van der Waals surface area contributed by atoms with Gasteiger partial charge in [0, 0.05) is 20.0 Å². The van der Waals surface area contributed by atoms with E-state index in [-0.39, 0.29) is 19.6 Å². The van der Waals surface area contributed by atoms with Crippen molar-refractivity contribution in [2.45, 2.75) is 12.8 Å². The zero-order valence-corrected chi connectivity index (χ0v) is 9.89. The molecule has 0 atom stereocenters. The van der Waals surface area contributed by atoms with Gasteiger partial charge in [-0.1, -0.05) is 6.07 Å². The Labute approximate surface area is 104 Å². The lowest BCUT2D eigenvalue weighted by atomic mass is 10.0. The molecule has 5 heteroatoms. The van der Waals surface area contributed by atoms with Gasteiger partial charge in [-0.2, -0.15) is 0 Å². The predicted molar refractivity (Wildman–Crippen MR) is 61.4 cm³/mol. The predicted octanol–water partition coefficient (Wildman–Crippen LogP) is 0.475. The van der Waals surface area contributed by atoms with E-state index in [9.17, 15) is 14.4 Å². The highest BCUT2D eigenvalue weighted by Crippen LogP contribution is 2.22. The molecule has 0 aromatic heterocycles. The summed E-state index contributed by atoms with van der Waals surface area (Å²) in [4.78, 5) is 34.2. The summed E-state index contributed by atoms with van der Waals surface area (Å²) in [5.41, 5.74) is 1.36. The lowest BCUT2D eigenvalue weighted by molar-refractivity contribution is -0.143. The van der Waals surface area contributed by atoms with Crippen LogP contribution in [-0.2, 0) is 32.0 Å². The van der Waals surface area contributed by atoms with Gasteiger partial charge in [0.25, 0.3) is 5.78 Å². The van der Waals surface area contributed by atoms with E-state index in [0.717, 1.165) is 0 Å². The molecule has 1 aliphatic rings. The van der Waals surface area contributed by atoms with Crippen LogP contribution in [0.1, 0.15) is 11.1 Å². The minimum atomic E-state index is -0.912. The monoisotopic (exact) mass is 248 g/mol. The van der Waals surface area contributed by atoms with Crippen LogP contribution in [0.3, 0.4) is 0 Å². The van der Waals surface area contributed by atoms with E-state index < -0.39 is 17.3 Å². The second kappa shape index (κ2) is 5.10. The number of Topliss-reactive ketones (excluding diaryl/α,β-unsaturated/α-hetero) is 3. The van der Waals surface area contributed by atoms with Crippen molar-refractivity contribution in [3.05, 3.63) is 29.3 Å². The van der Waals surface area contributed by atoms with E-state index in [1.807, 2.05) is 0 Å². The zero-order chi connectivity index (χ0) is 13.1. The number of rotatable bonds is 3. The maximum Gasteiger partial charge on any atom is 0.264 e. The molecule has 1 aliphatic carbocycles. The SMILES string of the molecule is COCOc1ccc2c(c1)CC(=O)C(=O)C(=O)C2. The fourth-order valence-electron chi connectivity index (χ4n) is 1.82. The summed E-state index contributed by atoms with van der Waals surface area (Å²) in [6, 6.07) is 5.05. The van der Waals surface area contributed by atoms with Crippen molar-refractivity contribution in [1.82, 2.24) is 0 Å².